The molecule has 1 fully saturated rings. The van der Waals surface area contributed by atoms with Crippen molar-refractivity contribution in [1.29, 1.82) is 5.26 Å². The lowest BCUT2D eigenvalue weighted by molar-refractivity contribution is 0.128. The van der Waals surface area contributed by atoms with Crippen LogP contribution < -0.4 is 10.5 Å². The van der Waals surface area contributed by atoms with Crippen molar-refractivity contribution in [2.24, 2.45) is 7.05 Å². The lowest BCUT2D eigenvalue weighted by Crippen LogP contribution is -2.57. The van der Waals surface area contributed by atoms with Gasteiger partial charge in [-0.25, -0.2) is 9.37 Å². The van der Waals surface area contributed by atoms with Gasteiger partial charge < -0.3 is 9.47 Å². The smallest absolute Gasteiger partial charge is 0.252 e. The van der Waals surface area contributed by atoms with Crippen molar-refractivity contribution in [2.75, 3.05) is 18.0 Å². The molecule has 0 N–H and O–H groups in total. The fourth-order valence-corrected chi connectivity index (χ4v) is 5.27. The quantitative estimate of drug-likeness (QED) is 0.418. The monoisotopic (exact) mass is 496 g/mol. The van der Waals surface area contributed by atoms with E-state index in [9.17, 15) is 14.4 Å². The van der Waals surface area contributed by atoms with Crippen molar-refractivity contribution < 1.29 is 4.39 Å². The summed E-state index contributed by atoms with van der Waals surface area (Å²) in [5, 5.41) is 9.43. The molecule has 0 aliphatic carbocycles. The SMILES string of the molecule is Cc1ccc(C(c2ccc(F)cn2)N2C[C@H](C)N(c3cc(=O)n(C)c4ccc(C#N)nc34)C[C@H]2C)cc1. The van der Waals surface area contributed by atoms with E-state index in [0.29, 0.717) is 29.8 Å². The Bertz CT molecular complexity index is 1500. The van der Waals surface area contributed by atoms with Crippen LogP contribution in [0.5, 0.6) is 0 Å². The number of piperazine rings is 1. The molecule has 4 aromatic rings. The number of hydrogen-bond acceptors (Lipinski definition) is 6. The van der Waals surface area contributed by atoms with Crippen LogP contribution in [-0.2, 0) is 7.05 Å². The Morgan fingerprint density at radius 1 is 1.05 bits per heavy atom. The predicted molar refractivity (Wildman–Crippen MR) is 142 cm³/mol. The first-order chi connectivity index (χ1) is 17.8. The van der Waals surface area contributed by atoms with Gasteiger partial charge in [-0.3, -0.25) is 14.7 Å². The third kappa shape index (κ3) is 4.58. The number of anilines is 1. The number of rotatable bonds is 4. The summed E-state index contributed by atoms with van der Waals surface area (Å²) in [5.41, 5.74) is 5.32. The molecule has 1 unspecified atom stereocenters. The van der Waals surface area contributed by atoms with Gasteiger partial charge in [0.05, 0.1) is 29.1 Å². The third-order valence-electron chi connectivity index (χ3n) is 7.28. The number of nitriles is 1. The highest BCUT2D eigenvalue weighted by Crippen LogP contribution is 2.35. The molecule has 0 radical (unpaired) electrons. The zero-order chi connectivity index (χ0) is 26.3. The Hall–Kier alpha value is -4.09. The van der Waals surface area contributed by atoms with E-state index in [4.69, 9.17) is 0 Å². The topological polar surface area (TPSA) is 78.0 Å². The number of aromatic nitrogens is 3. The van der Waals surface area contributed by atoms with Gasteiger partial charge in [0.15, 0.2) is 0 Å². The van der Waals surface area contributed by atoms with Gasteiger partial charge >= 0.3 is 0 Å². The Labute approximate surface area is 215 Å². The molecule has 1 saturated heterocycles. The highest BCUT2D eigenvalue weighted by Gasteiger charge is 2.36. The van der Waals surface area contributed by atoms with Crippen LogP contribution in [0.15, 0.2) is 65.6 Å². The minimum Gasteiger partial charge on any atom is -0.364 e. The largest absolute Gasteiger partial charge is 0.364 e. The predicted octanol–water partition coefficient (Wildman–Crippen LogP) is 4.34. The summed E-state index contributed by atoms with van der Waals surface area (Å²) in [5.74, 6) is -0.362. The van der Waals surface area contributed by atoms with Crippen LogP contribution in [0, 0.1) is 24.1 Å². The Morgan fingerprint density at radius 3 is 2.49 bits per heavy atom. The zero-order valence-corrected chi connectivity index (χ0v) is 21.4. The van der Waals surface area contributed by atoms with Crippen LogP contribution in [0.4, 0.5) is 10.1 Å². The molecule has 0 bridgehead atoms. The second kappa shape index (κ2) is 9.75. The van der Waals surface area contributed by atoms with Crippen LogP contribution >= 0.6 is 0 Å². The van der Waals surface area contributed by atoms with Crippen LogP contribution in [0.2, 0.25) is 0 Å². The van der Waals surface area contributed by atoms with Gasteiger partial charge in [0.1, 0.15) is 23.1 Å². The van der Waals surface area contributed by atoms with E-state index in [0.717, 1.165) is 16.9 Å². The van der Waals surface area contributed by atoms with E-state index < -0.39 is 0 Å². The average molecular weight is 497 g/mol. The molecule has 0 amide bonds. The lowest BCUT2D eigenvalue weighted by Gasteiger charge is -2.48. The second-order valence-electron chi connectivity index (χ2n) is 9.86. The molecule has 0 saturated carbocycles. The number of fused-ring (bicyclic) bond motifs is 1. The standard InChI is InChI=1S/C29H29FN6O/c1-18-5-7-21(8-6-18)29(24-11-9-22(30)15-32-24)36-17-19(2)35(16-20(36)3)26-13-27(37)34(4)25-12-10-23(14-31)33-28(25)26/h5-13,15,19-20,29H,16-17H2,1-4H3/t19-,20+,29?/m0/s1. The highest BCUT2D eigenvalue weighted by atomic mass is 19.1. The van der Waals surface area contributed by atoms with Crippen molar-refractivity contribution in [1.82, 2.24) is 19.4 Å². The number of hydrogen-bond donors (Lipinski definition) is 0. The summed E-state index contributed by atoms with van der Waals surface area (Å²) < 4.78 is 15.3. The van der Waals surface area contributed by atoms with Gasteiger partial charge in [-0.15, -0.1) is 0 Å². The molecule has 37 heavy (non-hydrogen) atoms. The van der Waals surface area contributed by atoms with Gasteiger partial charge in [-0.2, -0.15) is 5.26 Å². The Morgan fingerprint density at radius 2 is 1.81 bits per heavy atom. The maximum absolute atomic E-state index is 13.7. The number of halogens is 1. The molecule has 188 valence electrons. The van der Waals surface area contributed by atoms with E-state index in [1.807, 2.05) is 0 Å². The summed E-state index contributed by atoms with van der Waals surface area (Å²) in [6, 6.07) is 18.7. The molecule has 0 spiro atoms. The van der Waals surface area contributed by atoms with Crippen molar-refractivity contribution in [3.8, 4) is 6.07 Å². The van der Waals surface area contributed by atoms with E-state index in [-0.39, 0.29) is 29.5 Å². The van der Waals surface area contributed by atoms with Crippen LogP contribution in [0.25, 0.3) is 11.0 Å². The van der Waals surface area contributed by atoms with E-state index in [2.05, 4.69) is 70.9 Å². The van der Waals surface area contributed by atoms with E-state index >= 15 is 0 Å². The number of benzene rings is 1. The minimum absolute atomic E-state index is 0.0347. The molecule has 1 aromatic carbocycles. The fourth-order valence-electron chi connectivity index (χ4n) is 5.27. The number of aryl methyl sites for hydroxylation is 2. The molecular weight excluding hydrogens is 467 g/mol. The van der Waals surface area contributed by atoms with Gasteiger partial charge in [0.25, 0.3) is 5.56 Å². The first kappa shape index (κ1) is 24.6. The third-order valence-corrected chi connectivity index (χ3v) is 7.28. The number of nitrogens with zero attached hydrogens (tertiary/aromatic N) is 6. The Kier molecular flexibility index (Phi) is 6.48. The van der Waals surface area contributed by atoms with Crippen molar-refractivity contribution in [3.63, 3.8) is 0 Å². The average Bonchev–Trinajstić information content (AvgIpc) is 2.90. The summed E-state index contributed by atoms with van der Waals surface area (Å²) in [6.07, 6.45) is 1.27. The molecule has 1 aliphatic heterocycles. The van der Waals surface area contributed by atoms with E-state index in [1.54, 1.807) is 35.9 Å². The van der Waals surface area contributed by atoms with Crippen LogP contribution in [-0.4, -0.2) is 44.6 Å². The maximum Gasteiger partial charge on any atom is 0.252 e. The van der Waals surface area contributed by atoms with Gasteiger partial charge in [0.2, 0.25) is 0 Å². The molecule has 5 rings (SSSR count). The Balaban J connectivity index is 1.55. The summed E-state index contributed by atoms with van der Waals surface area (Å²) >= 11 is 0. The first-order valence-electron chi connectivity index (χ1n) is 12.4. The molecule has 4 heterocycles. The second-order valence-corrected chi connectivity index (χ2v) is 9.86. The van der Waals surface area contributed by atoms with E-state index in [1.165, 1.54) is 17.8 Å². The molecule has 3 atom stereocenters. The first-order valence-corrected chi connectivity index (χ1v) is 12.4. The van der Waals surface area contributed by atoms with Crippen molar-refractivity contribution in [3.05, 3.63) is 99.5 Å². The molecule has 1 aliphatic rings. The summed E-state index contributed by atoms with van der Waals surface area (Å²) in [7, 11) is 1.72. The van der Waals surface area contributed by atoms with Crippen molar-refractivity contribution >= 4 is 16.7 Å². The van der Waals surface area contributed by atoms with Gasteiger partial charge in [0, 0.05) is 38.3 Å². The van der Waals surface area contributed by atoms with Gasteiger partial charge in [-0.05, 0) is 50.6 Å². The lowest BCUT2D eigenvalue weighted by atomic mass is 9.95. The van der Waals surface area contributed by atoms with Crippen LogP contribution in [0.1, 0.15) is 42.4 Å². The minimum atomic E-state index is -0.362. The molecular formula is C29H29FN6O. The van der Waals surface area contributed by atoms with Crippen molar-refractivity contribution in [2.45, 2.75) is 38.9 Å². The summed E-state index contributed by atoms with van der Waals surface area (Å²) in [6.45, 7) is 7.67. The fraction of sp³-hybridized carbons (Fsp3) is 0.310. The van der Waals surface area contributed by atoms with Gasteiger partial charge in [-0.1, -0.05) is 29.8 Å². The van der Waals surface area contributed by atoms with Crippen LogP contribution in [0.3, 0.4) is 0 Å². The molecule has 8 heteroatoms. The maximum atomic E-state index is 13.7. The molecule has 7 nitrogen and oxygen atoms in total. The highest BCUT2D eigenvalue weighted by molar-refractivity contribution is 5.89. The summed E-state index contributed by atoms with van der Waals surface area (Å²) in [4.78, 5) is 26.5. The molecule has 3 aromatic heterocycles. The zero-order valence-electron chi connectivity index (χ0n) is 21.4. The normalized spacial score (nSPS) is 19.1. The number of pyridine rings is 3.